The zero-order valence-corrected chi connectivity index (χ0v) is 10.4. The van der Waals surface area contributed by atoms with E-state index >= 15 is 0 Å². The van der Waals surface area contributed by atoms with Crippen LogP contribution < -0.4 is 10.5 Å². The molecular weight excluding hydrogens is 221 g/mol. The molecule has 0 saturated heterocycles. The monoisotopic (exact) mass is 241 g/mol. The van der Waals surface area contributed by atoms with Crippen molar-refractivity contribution in [2.45, 2.75) is 25.8 Å². The predicted octanol–water partition coefficient (Wildman–Crippen LogP) is 2.35. The van der Waals surface area contributed by atoms with Gasteiger partial charge in [0.2, 0.25) is 0 Å². The molecule has 0 fully saturated rings. The zero-order chi connectivity index (χ0) is 12.7. The third-order valence-corrected chi connectivity index (χ3v) is 2.00. The number of hydrogen-bond acceptors (Lipinski definition) is 3. The van der Waals surface area contributed by atoms with Gasteiger partial charge in [-0.15, -0.1) is 0 Å². The molecule has 1 rings (SSSR count). The molecule has 96 valence electrons. The number of hydrogen-bond donors (Lipinski definition) is 1. The number of benzene rings is 1. The highest BCUT2D eigenvalue weighted by Crippen LogP contribution is 2.15. The average molecular weight is 241 g/mol. The topological polar surface area (TPSA) is 44.5 Å². The first-order valence-electron chi connectivity index (χ1n) is 5.73. The molecule has 0 atom stereocenters. The highest BCUT2D eigenvalue weighted by atomic mass is 19.1. The SMILES string of the molecule is CC(C)(N)COCCCOc1ccccc1F. The van der Waals surface area contributed by atoms with Gasteiger partial charge in [0.1, 0.15) is 0 Å². The van der Waals surface area contributed by atoms with E-state index in [0.29, 0.717) is 26.2 Å². The normalized spacial score (nSPS) is 11.5. The van der Waals surface area contributed by atoms with Crippen LogP contribution >= 0.6 is 0 Å². The van der Waals surface area contributed by atoms with Gasteiger partial charge in [-0.1, -0.05) is 12.1 Å². The summed E-state index contributed by atoms with van der Waals surface area (Å²) < 4.78 is 23.8. The van der Waals surface area contributed by atoms with Crippen LogP contribution in [0.15, 0.2) is 24.3 Å². The van der Waals surface area contributed by atoms with Gasteiger partial charge in [-0.05, 0) is 26.0 Å². The minimum atomic E-state index is -0.337. The molecule has 17 heavy (non-hydrogen) atoms. The molecule has 1 aromatic rings. The molecule has 0 amide bonds. The van der Waals surface area contributed by atoms with E-state index < -0.39 is 0 Å². The highest BCUT2D eigenvalue weighted by molar-refractivity contribution is 5.23. The van der Waals surface area contributed by atoms with Crippen molar-refractivity contribution in [2.75, 3.05) is 19.8 Å². The van der Waals surface area contributed by atoms with Crippen LogP contribution in [0.5, 0.6) is 5.75 Å². The fourth-order valence-corrected chi connectivity index (χ4v) is 1.24. The maximum atomic E-state index is 13.1. The molecule has 0 bridgehead atoms. The maximum Gasteiger partial charge on any atom is 0.165 e. The number of halogens is 1. The minimum Gasteiger partial charge on any atom is -0.490 e. The number of nitrogens with two attached hydrogens (primary N) is 1. The summed E-state index contributed by atoms with van der Waals surface area (Å²) in [6, 6.07) is 6.36. The van der Waals surface area contributed by atoms with E-state index in [1.54, 1.807) is 18.2 Å². The van der Waals surface area contributed by atoms with Gasteiger partial charge >= 0.3 is 0 Å². The Kier molecular flexibility index (Phi) is 5.38. The third kappa shape index (κ3) is 6.24. The van der Waals surface area contributed by atoms with Crippen molar-refractivity contribution in [3.63, 3.8) is 0 Å². The second-order valence-corrected chi connectivity index (χ2v) is 4.67. The van der Waals surface area contributed by atoms with Crippen LogP contribution in [0.2, 0.25) is 0 Å². The fourth-order valence-electron chi connectivity index (χ4n) is 1.24. The van der Waals surface area contributed by atoms with Gasteiger partial charge in [0.05, 0.1) is 13.2 Å². The highest BCUT2D eigenvalue weighted by Gasteiger charge is 2.09. The largest absolute Gasteiger partial charge is 0.490 e. The number of ether oxygens (including phenoxy) is 2. The Bertz CT molecular complexity index is 336. The summed E-state index contributed by atoms with van der Waals surface area (Å²) >= 11 is 0. The Morgan fingerprint density at radius 2 is 1.94 bits per heavy atom. The van der Waals surface area contributed by atoms with Crippen molar-refractivity contribution in [3.05, 3.63) is 30.1 Å². The van der Waals surface area contributed by atoms with E-state index in [1.165, 1.54) is 6.07 Å². The molecule has 0 aromatic heterocycles. The van der Waals surface area contributed by atoms with Crippen molar-refractivity contribution < 1.29 is 13.9 Å². The second kappa shape index (κ2) is 6.57. The Morgan fingerprint density at radius 1 is 1.24 bits per heavy atom. The lowest BCUT2D eigenvalue weighted by Gasteiger charge is -2.18. The minimum absolute atomic E-state index is 0.284. The van der Waals surface area contributed by atoms with Crippen LogP contribution in [0.3, 0.4) is 0 Å². The molecule has 0 spiro atoms. The lowest BCUT2D eigenvalue weighted by molar-refractivity contribution is 0.0867. The Hall–Kier alpha value is -1.13. The molecule has 0 aliphatic heterocycles. The molecular formula is C13H20FNO2. The molecule has 4 heteroatoms. The first-order chi connectivity index (χ1) is 7.99. The van der Waals surface area contributed by atoms with Crippen molar-refractivity contribution in [1.29, 1.82) is 0 Å². The standard InChI is InChI=1S/C13H20FNO2/c1-13(2,15)10-16-8-5-9-17-12-7-4-3-6-11(12)14/h3-4,6-7H,5,8-10,15H2,1-2H3. The number of para-hydroxylation sites is 1. The van der Waals surface area contributed by atoms with Crippen LogP contribution in [0.25, 0.3) is 0 Å². The van der Waals surface area contributed by atoms with E-state index in [-0.39, 0.29) is 17.1 Å². The zero-order valence-electron chi connectivity index (χ0n) is 10.4. The van der Waals surface area contributed by atoms with E-state index in [0.717, 1.165) is 0 Å². The second-order valence-electron chi connectivity index (χ2n) is 4.67. The van der Waals surface area contributed by atoms with Crippen LogP contribution in [0.1, 0.15) is 20.3 Å². The summed E-state index contributed by atoms with van der Waals surface area (Å²) in [5.41, 5.74) is 5.44. The van der Waals surface area contributed by atoms with Gasteiger partial charge in [0.15, 0.2) is 11.6 Å². The van der Waals surface area contributed by atoms with Gasteiger partial charge in [0, 0.05) is 18.6 Å². The number of rotatable bonds is 7. The average Bonchev–Trinajstić information content (AvgIpc) is 2.24. The van der Waals surface area contributed by atoms with Crippen molar-refractivity contribution in [1.82, 2.24) is 0 Å². The first kappa shape index (κ1) is 13.9. The molecule has 0 unspecified atom stereocenters. The summed E-state index contributed by atoms with van der Waals surface area (Å²) in [4.78, 5) is 0. The van der Waals surface area contributed by atoms with Crippen LogP contribution in [0.4, 0.5) is 4.39 Å². The Balaban J connectivity index is 2.11. The van der Waals surface area contributed by atoms with Gasteiger partial charge in [0.25, 0.3) is 0 Å². The first-order valence-corrected chi connectivity index (χ1v) is 5.73. The van der Waals surface area contributed by atoms with Crippen LogP contribution in [-0.2, 0) is 4.74 Å². The van der Waals surface area contributed by atoms with Crippen molar-refractivity contribution >= 4 is 0 Å². The summed E-state index contributed by atoms with van der Waals surface area (Å²) in [7, 11) is 0. The molecule has 0 saturated carbocycles. The quantitative estimate of drug-likeness (QED) is 0.745. The van der Waals surface area contributed by atoms with E-state index in [9.17, 15) is 4.39 Å². The molecule has 3 nitrogen and oxygen atoms in total. The molecule has 0 aliphatic rings. The predicted molar refractivity (Wildman–Crippen MR) is 65.6 cm³/mol. The van der Waals surface area contributed by atoms with E-state index in [2.05, 4.69) is 0 Å². The third-order valence-electron chi connectivity index (χ3n) is 2.00. The Labute approximate surface area is 102 Å². The lowest BCUT2D eigenvalue weighted by Crippen LogP contribution is -2.37. The molecule has 2 N–H and O–H groups in total. The maximum absolute atomic E-state index is 13.1. The van der Waals surface area contributed by atoms with Gasteiger partial charge in [-0.2, -0.15) is 0 Å². The molecule has 0 radical (unpaired) electrons. The van der Waals surface area contributed by atoms with Gasteiger partial charge < -0.3 is 15.2 Å². The fraction of sp³-hybridized carbons (Fsp3) is 0.538. The van der Waals surface area contributed by atoms with Gasteiger partial charge in [-0.3, -0.25) is 0 Å². The van der Waals surface area contributed by atoms with E-state index in [4.69, 9.17) is 15.2 Å². The molecule has 1 aromatic carbocycles. The summed E-state index contributed by atoms with van der Waals surface area (Å²) in [5, 5.41) is 0. The summed E-state index contributed by atoms with van der Waals surface area (Å²) in [6.07, 6.45) is 0.713. The van der Waals surface area contributed by atoms with Crippen molar-refractivity contribution in [2.24, 2.45) is 5.73 Å². The molecule has 0 heterocycles. The van der Waals surface area contributed by atoms with Crippen molar-refractivity contribution in [3.8, 4) is 5.75 Å². The van der Waals surface area contributed by atoms with E-state index in [1.807, 2.05) is 13.8 Å². The van der Waals surface area contributed by atoms with Gasteiger partial charge in [-0.25, -0.2) is 4.39 Å². The summed E-state index contributed by atoms with van der Waals surface area (Å²) in [5.74, 6) is -0.0526. The Morgan fingerprint density at radius 3 is 2.59 bits per heavy atom. The smallest absolute Gasteiger partial charge is 0.165 e. The lowest BCUT2D eigenvalue weighted by atomic mass is 10.1. The van der Waals surface area contributed by atoms with Crippen LogP contribution in [-0.4, -0.2) is 25.4 Å². The summed E-state index contributed by atoms with van der Waals surface area (Å²) in [6.45, 7) is 5.32. The molecule has 0 aliphatic carbocycles. The van der Waals surface area contributed by atoms with Crippen LogP contribution in [0, 0.1) is 5.82 Å².